The third kappa shape index (κ3) is 2.10. The molecule has 1 N–H and O–H groups in total. The Balaban J connectivity index is 1.76. The van der Waals surface area contributed by atoms with Gasteiger partial charge < -0.3 is 4.98 Å². The molecule has 5 heteroatoms. The maximum Gasteiger partial charge on any atom is 0.196 e. The Morgan fingerprint density at radius 3 is 2.19 bits per heavy atom. The lowest BCUT2D eigenvalue weighted by Gasteiger charge is -2.17. The molecule has 0 unspecified atom stereocenters. The van der Waals surface area contributed by atoms with Gasteiger partial charge >= 0.3 is 0 Å². The van der Waals surface area contributed by atoms with E-state index in [4.69, 9.17) is 0 Å². The van der Waals surface area contributed by atoms with Crippen molar-refractivity contribution in [3.8, 4) is 11.4 Å². The number of carbonyl (C=O) groups is 2. The molecule has 1 aliphatic rings. The molecule has 0 amide bonds. The van der Waals surface area contributed by atoms with Gasteiger partial charge in [0.15, 0.2) is 11.6 Å². The summed E-state index contributed by atoms with van der Waals surface area (Å²) >= 11 is 3.42. The first-order chi connectivity index (χ1) is 12.6. The molecule has 0 saturated heterocycles. The predicted molar refractivity (Wildman–Crippen MR) is 103 cm³/mol. The van der Waals surface area contributed by atoms with E-state index in [0.29, 0.717) is 33.6 Å². The molecule has 4 nitrogen and oxygen atoms in total. The molecule has 0 bridgehead atoms. The number of hydrogen-bond donors (Lipinski definition) is 1. The van der Waals surface area contributed by atoms with Gasteiger partial charge in [-0.3, -0.25) is 9.59 Å². The summed E-state index contributed by atoms with van der Waals surface area (Å²) in [5.74, 6) is 0.375. The lowest BCUT2D eigenvalue weighted by atomic mass is 9.83. The average molecular weight is 403 g/mol. The van der Waals surface area contributed by atoms with Crippen molar-refractivity contribution in [1.82, 2.24) is 9.97 Å². The number of H-pyrrole nitrogens is 1. The summed E-state index contributed by atoms with van der Waals surface area (Å²) < 4.78 is 0.979. The summed E-state index contributed by atoms with van der Waals surface area (Å²) in [6.45, 7) is 0. The van der Waals surface area contributed by atoms with Crippen molar-refractivity contribution >= 4 is 38.5 Å². The second-order valence-electron chi connectivity index (χ2n) is 6.18. The van der Waals surface area contributed by atoms with Crippen LogP contribution in [-0.4, -0.2) is 21.5 Å². The SMILES string of the molecule is O=C1c2ccccc2C(=O)c2c1ccc1[nH]c(-c3ccc(Br)cc3)nc21. The standard InChI is InChI=1S/C21H11BrN2O2/c22-12-7-5-11(6-8-12)21-23-16-10-9-15-17(18(16)24-21)20(26)14-4-2-1-3-13(14)19(15)25/h1-10H,(H,23,24). The number of hydrogen-bond acceptors (Lipinski definition) is 3. The molecule has 4 aromatic rings. The van der Waals surface area contributed by atoms with Crippen molar-refractivity contribution < 1.29 is 9.59 Å². The van der Waals surface area contributed by atoms with E-state index in [1.165, 1.54) is 0 Å². The van der Waals surface area contributed by atoms with E-state index in [1.807, 2.05) is 30.3 Å². The molecule has 1 aromatic heterocycles. The highest BCUT2D eigenvalue weighted by molar-refractivity contribution is 9.10. The van der Waals surface area contributed by atoms with Crippen LogP contribution in [0.3, 0.4) is 0 Å². The van der Waals surface area contributed by atoms with Crippen LogP contribution in [0.15, 0.2) is 65.1 Å². The third-order valence-electron chi connectivity index (χ3n) is 4.66. The monoisotopic (exact) mass is 402 g/mol. The Morgan fingerprint density at radius 1 is 0.769 bits per heavy atom. The van der Waals surface area contributed by atoms with Gasteiger partial charge in [0.25, 0.3) is 0 Å². The van der Waals surface area contributed by atoms with E-state index in [-0.39, 0.29) is 11.6 Å². The summed E-state index contributed by atoms with van der Waals surface area (Å²) in [7, 11) is 0. The molecule has 0 fully saturated rings. The zero-order chi connectivity index (χ0) is 17.8. The Bertz CT molecular complexity index is 1220. The summed E-state index contributed by atoms with van der Waals surface area (Å²) in [6.07, 6.45) is 0. The van der Waals surface area contributed by atoms with Crippen LogP contribution in [0.25, 0.3) is 22.4 Å². The van der Waals surface area contributed by atoms with Crippen molar-refractivity contribution in [2.75, 3.05) is 0 Å². The van der Waals surface area contributed by atoms with E-state index in [0.717, 1.165) is 15.6 Å². The van der Waals surface area contributed by atoms with Gasteiger partial charge in [-0.05, 0) is 24.3 Å². The molecule has 0 saturated carbocycles. The number of nitrogens with zero attached hydrogens (tertiary/aromatic N) is 1. The number of nitrogens with one attached hydrogen (secondary N) is 1. The smallest absolute Gasteiger partial charge is 0.196 e. The van der Waals surface area contributed by atoms with Gasteiger partial charge in [0, 0.05) is 26.7 Å². The quantitative estimate of drug-likeness (QED) is 0.439. The molecule has 124 valence electrons. The maximum absolute atomic E-state index is 13.0. The summed E-state index contributed by atoms with van der Waals surface area (Å²) in [4.78, 5) is 33.8. The van der Waals surface area contributed by atoms with Crippen LogP contribution in [-0.2, 0) is 0 Å². The number of halogens is 1. The highest BCUT2D eigenvalue weighted by Gasteiger charge is 2.31. The van der Waals surface area contributed by atoms with Crippen molar-refractivity contribution in [3.63, 3.8) is 0 Å². The molecule has 0 aliphatic heterocycles. The molecule has 5 rings (SSSR count). The molecule has 3 aromatic carbocycles. The van der Waals surface area contributed by atoms with Crippen LogP contribution < -0.4 is 0 Å². The fraction of sp³-hybridized carbons (Fsp3) is 0. The van der Waals surface area contributed by atoms with Crippen LogP contribution in [0.5, 0.6) is 0 Å². The highest BCUT2D eigenvalue weighted by Crippen LogP contribution is 2.33. The fourth-order valence-corrected chi connectivity index (χ4v) is 3.66. The first-order valence-corrected chi connectivity index (χ1v) is 8.90. The maximum atomic E-state index is 13.0. The van der Waals surface area contributed by atoms with E-state index < -0.39 is 0 Å². The Hall–Kier alpha value is -3.05. The minimum Gasteiger partial charge on any atom is -0.338 e. The zero-order valence-corrected chi connectivity index (χ0v) is 15.0. The first kappa shape index (κ1) is 15.2. The lowest BCUT2D eigenvalue weighted by Crippen LogP contribution is -2.21. The number of aromatic nitrogens is 2. The molecule has 0 atom stereocenters. The third-order valence-corrected chi connectivity index (χ3v) is 5.19. The number of rotatable bonds is 1. The second-order valence-corrected chi connectivity index (χ2v) is 7.10. The molecule has 1 aliphatic carbocycles. The van der Waals surface area contributed by atoms with Gasteiger partial charge in [0.05, 0.1) is 11.1 Å². The van der Waals surface area contributed by atoms with E-state index in [9.17, 15) is 9.59 Å². The first-order valence-electron chi connectivity index (χ1n) is 8.10. The van der Waals surface area contributed by atoms with Gasteiger partial charge in [-0.1, -0.05) is 52.3 Å². The van der Waals surface area contributed by atoms with Crippen LogP contribution in [0.1, 0.15) is 31.8 Å². The number of benzene rings is 3. The highest BCUT2D eigenvalue weighted by atomic mass is 79.9. The number of fused-ring (bicyclic) bond motifs is 4. The molecule has 0 radical (unpaired) electrons. The lowest BCUT2D eigenvalue weighted by molar-refractivity contribution is 0.0980. The minimum atomic E-state index is -0.158. The minimum absolute atomic E-state index is 0.134. The Kier molecular flexibility index (Phi) is 3.21. The van der Waals surface area contributed by atoms with Gasteiger partial charge in [0.1, 0.15) is 11.3 Å². The fourth-order valence-electron chi connectivity index (χ4n) is 3.40. The molecule has 1 heterocycles. The van der Waals surface area contributed by atoms with Gasteiger partial charge in [-0.2, -0.15) is 0 Å². The number of ketones is 2. The number of aromatic amines is 1. The Labute approximate surface area is 157 Å². The van der Waals surface area contributed by atoms with Crippen LogP contribution in [0.2, 0.25) is 0 Å². The van der Waals surface area contributed by atoms with Gasteiger partial charge in [0.2, 0.25) is 0 Å². The van der Waals surface area contributed by atoms with Crippen molar-refractivity contribution in [1.29, 1.82) is 0 Å². The number of carbonyl (C=O) groups excluding carboxylic acids is 2. The van der Waals surface area contributed by atoms with E-state index >= 15 is 0 Å². The second kappa shape index (κ2) is 5.47. The van der Waals surface area contributed by atoms with Gasteiger partial charge in [-0.25, -0.2) is 4.98 Å². The van der Waals surface area contributed by atoms with Crippen LogP contribution in [0, 0.1) is 0 Å². The molecular weight excluding hydrogens is 392 g/mol. The average Bonchev–Trinajstić information content (AvgIpc) is 3.10. The topological polar surface area (TPSA) is 62.8 Å². The molecule has 0 spiro atoms. The molecular formula is C21H11BrN2O2. The normalized spacial score (nSPS) is 13.0. The molecule has 26 heavy (non-hydrogen) atoms. The predicted octanol–water partition coefficient (Wildman–Crippen LogP) is 4.77. The van der Waals surface area contributed by atoms with E-state index in [2.05, 4.69) is 25.9 Å². The largest absolute Gasteiger partial charge is 0.338 e. The summed E-state index contributed by atoms with van der Waals surface area (Å²) in [6, 6.07) is 18.2. The van der Waals surface area contributed by atoms with Crippen molar-refractivity contribution in [2.45, 2.75) is 0 Å². The number of imidazole rings is 1. The van der Waals surface area contributed by atoms with Gasteiger partial charge in [-0.15, -0.1) is 0 Å². The summed E-state index contributed by atoms with van der Waals surface area (Å²) in [5.41, 5.74) is 3.86. The van der Waals surface area contributed by atoms with Crippen LogP contribution in [0.4, 0.5) is 0 Å². The zero-order valence-electron chi connectivity index (χ0n) is 13.4. The summed E-state index contributed by atoms with van der Waals surface area (Å²) in [5, 5.41) is 0. The van der Waals surface area contributed by atoms with E-state index in [1.54, 1.807) is 30.3 Å². The van der Waals surface area contributed by atoms with Crippen molar-refractivity contribution in [3.05, 3.63) is 87.4 Å². The van der Waals surface area contributed by atoms with Crippen LogP contribution >= 0.6 is 15.9 Å². The Morgan fingerprint density at radius 2 is 1.46 bits per heavy atom. The van der Waals surface area contributed by atoms with Crippen molar-refractivity contribution in [2.24, 2.45) is 0 Å².